The van der Waals surface area contributed by atoms with Gasteiger partial charge in [-0.1, -0.05) is 0 Å². The molecule has 0 aromatic carbocycles. The number of nitrogens with one attached hydrogen (secondary N) is 1. The molecule has 1 aliphatic rings. The van der Waals surface area contributed by atoms with Crippen LogP contribution in [0.2, 0.25) is 0 Å². The Bertz CT molecular complexity index is 626. The molecule has 1 amide bonds. The zero-order valence-electron chi connectivity index (χ0n) is 9.62. The fourth-order valence-corrected chi connectivity index (χ4v) is 2.12. The highest BCUT2D eigenvalue weighted by Crippen LogP contribution is 2.34. The number of hydrogen-bond acceptors (Lipinski definition) is 5. The first-order chi connectivity index (χ1) is 8.68. The van der Waals surface area contributed by atoms with Crippen molar-refractivity contribution in [2.75, 3.05) is 5.32 Å². The van der Waals surface area contributed by atoms with E-state index in [1.54, 1.807) is 30.0 Å². The van der Waals surface area contributed by atoms with E-state index in [9.17, 15) is 4.79 Å². The maximum absolute atomic E-state index is 11.6. The lowest BCUT2D eigenvalue weighted by Crippen LogP contribution is -2.31. The summed E-state index contributed by atoms with van der Waals surface area (Å²) in [5, 5.41) is 7.09. The minimum absolute atomic E-state index is 0.419. The van der Waals surface area contributed by atoms with Crippen molar-refractivity contribution in [1.82, 2.24) is 14.8 Å². The Labute approximate surface area is 102 Å². The fraction of sp³-hybridized carbons (Fsp3) is 0.182. The van der Waals surface area contributed by atoms with Gasteiger partial charge in [0.25, 0.3) is 0 Å². The second kappa shape index (κ2) is 3.73. The number of allylic oxidation sites excluding steroid dienone is 1. The zero-order chi connectivity index (χ0) is 12.7. The average molecular weight is 245 g/mol. The Kier molecular flexibility index (Phi) is 2.19. The zero-order valence-corrected chi connectivity index (χ0v) is 9.62. The maximum atomic E-state index is 11.6. The van der Waals surface area contributed by atoms with Crippen molar-refractivity contribution in [2.45, 2.75) is 13.0 Å². The molecule has 0 saturated heterocycles. The molecule has 7 nitrogen and oxygen atoms in total. The number of carbonyl (C=O) groups excluding carboxylic acids is 1. The molecular formula is C11H11N5O2. The van der Waals surface area contributed by atoms with E-state index in [0.29, 0.717) is 23.0 Å². The van der Waals surface area contributed by atoms with Gasteiger partial charge in [0.05, 0.1) is 11.8 Å². The van der Waals surface area contributed by atoms with Crippen LogP contribution >= 0.6 is 0 Å². The first-order valence-electron chi connectivity index (χ1n) is 5.39. The van der Waals surface area contributed by atoms with Gasteiger partial charge in [-0.3, -0.25) is 4.79 Å². The number of nitrogens with two attached hydrogens (primary N) is 1. The standard InChI is InChI=1S/C11H11N5O2/c1-6-8(10(12)17)9(7-3-2-4-18-7)16-11(15-6)13-5-14-16/h2-5,9H,1H3,(H2,12,17)(H,13,14,15). The van der Waals surface area contributed by atoms with Crippen LogP contribution in [0.4, 0.5) is 5.95 Å². The molecule has 1 atom stereocenters. The summed E-state index contributed by atoms with van der Waals surface area (Å²) in [5.41, 5.74) is 6.52. The highest BCUT2D eigenvalue weighted by atomic mass is 16.3. The second-order valence-corrected chi connectivity index (χ2v) is 3.97. The van der Waals surface area contributed by atoms with Crippen LogP contribution in [0.5, 0.6) is 0 Å². The molecule has 0 saturated carbocycles. The maximum Gasteiger partial charge on any atom is 0.249 e. The Morgan fingerprint density at radius 3 is 3.11 bits per heavy atom. The molecule has 18 heavy (non-hydrogen) atoms. The quantitative estimate of drug-likeness (QED) is 0.809. The molecule has 0 spiro atoms. The molecule has 0 fully saturated rings. The number of fused-ring (bicyclic) bond motifs is 1. The van der Waals surface area contributed by atoms with E-state index in [1.165, 1.54) is 6.33 Å². The van der Waals surface area contributed by atoms with E-state index in [4.69, 9.17) is 10.2 Å². The molecule has 2 aromatic rings. The summed E-state index contributed by atoms with van der Waals surface area (Å²) in [6.45, 7) is 1.77. The third kappa shape index (κ3) is 1.41. The first kappa shape index (κ1) is 10.6. The van der Waals surface area contributed by atoms with Crippen molar-refractivity contribution in [1.29, 1.82) is 0 Å². The number of carbonyl (C=O) groups is 1. The van der Waals surface area contributed by atoms with E-state index in [1.807, 2.05) is 0 Å². The number of anilines is 1. The van der Waals surface area contributed by atoms with Gasteiger partial charge in [-0.2, -0.15) is 10.1 Å². The number of furan rings is 1. The van der Waals surface area contributed by atoms with E-state index >= 15 is 0 Å². The highest BCUT2D eigenvalue weighted by molar-refractivity contribution is 5.95. The normalized spacial score (nSPS) is 18.4. The third-order valence-corrected chi connectivity index (χ3v) is 2.87. The Balaban J connectivity index is 2.21. The van der Waals surface area contributed by atoms with Crippen LogP contribution in [0.15, 0.2) is 40.4 Å². The lowest BCUT2D eigenvalue weighted by Gasteiger charge is -2.25. The lowest BCUT2D eigenvalue weighted by atomic mass is 10.0. The van der Waals surface area contributed by atoms with Crippen LogP contribution in [0.1, 0.15) is 18.7 Å². The second-order valence-electron chi connectivity index (χ2n) is 3.97. The molecule has 92 valence electrons. The highest BCUT2D eigenvalue weighted by Gasteiger charge is 2.33. The van der Waals surface area contributed by atoms with Crippen LogP contribution in [-0.4, -0.2) is 20.7 Å². The molecule has 7 heteroatoms. The summed E-state index contributed by atoms with van der Waals surface area (Å²) in [5.74, 6) is 0.637. The molecule has 3 heterocycles. The van der Waals surface area contributed by atoms with Crippen LogP contribution in [0, 0.1) is 0 Å². The minimum atomic E-state index is -0.512. The van der Waals surface area contributed by atoms with Crippen LogP contribution < -0.4 is 11.1 Å². The van der Waals surface area contributed by atoms with Crippen molar-refractivity contribution >= 4 is 11.9 Å². The van der Waals surface area contributed by atoms with Gasteiger partial charge in [0.2, 0.25) is 11.9 Å². The summed E-state index contributed by atoms with van der Waals surface area (Å²) >= 11 is 0. The number of aromatic nitrogens is 3. The summed E-state index contributed by atoms with van der Waals surface area (Å²) in [7, 11) is 0. The molecule has 2 aromatic heterocycles. The van der Waals surface area contributed by atoms with E-state index in [0.717, 1.165) is 0 Å². The predicted octanol–water partition coefficient (Wildman–Crippen LogP) is 0.645. The minimum Gasteiger partial charge on any atom is -0.467 e. The molecule has 0 bridgehead atoms. The molecule has 0 radical (unpaired) electrons. The van der Waals surface area contributed by atoms with Gasteiger partial charge >= 0.3 is 0 Å². The Morgan fingerprint density at radius 2 is 2.44 bits per heavy atom. The van der Waals surface area contributed by atoms with Gasteiger partial charge in [-0.25, -0.2) is 4.68 Å². The smallest absolute Gasteiger partial charge is 0.249 e. The number of rotatable bonds is 2. The summed E-state index contributed by atoms with van der Waals surface area (Å²) < 4.78 is 6.94. The van der Waals surface area contributed by atoms with Crippen LogP contribution in [0.3, 0.4) is 0 Å². The summed E-state index contributed by atoms with van der Waals surface area (Å²) in [4.78, 5) is 15.7. The first-order valence-corrected chi connectivity index (χ1v) is 5.39. The SMILES string of the molecule is CC1=C(C(N)=O)C(c2ccco2)n2ncnc2N1. The van der Waals surface area contributed by atoms with E-state index in [-0.39, 0.29) is 0 Å². The Morgan fingerprint density at radius 1 is 1.61 bits per heavy atom. The van der Waals surface area contributed by atoms with Gasteiger partial charge in [0.1, 0.15) is 18.1 Å². The van der Waals surface area contributed by atoms with Crippen molar-refractivity contribution in [2.24, 2.45) is 5.73 Å². The molecule has 1 aliphatic heterocycles. The van der Waals surface area contributed by atoms with Gasteiger partial charge < -0.3 is 15.5 Å². The fourth-order valence-electron chi connectivity index (χ4n) is 2.12. The van der Waals surface area contributed by atoms with Gasteiger partial charge in [-0.15, -0.1) is 0 Å². The Hall–Kier alpha value is -2.57. The molecule has 0 aliphatic carbocycles. The van der Waals surface area contributed by atoms with Gasteiger partial charge in [0, 0.05) is 5.70 Å². The van der Waals surface area contributed by atoms with Crippen molar-refractivity contribution in [3.8, 4) is 0 Å². The number of primary amides is 1. The predicted molar refractivity (Wildman–Crippen MR) is 62.4 cm³/mol. The topological polar surface area (TPSA) is 99.0 Å². The number of hydrogen-bond donors (Lipinski definition) is 2. The molecule has 3 rings (SSSR count). The van der Waals surface area contributed by atoms with Crippen molar-refractivity contribution < 1.29 is 9.21 Å². The third-order valence-electron chi connectivity index (χ3n) is 2.87. The monoisotopic (exact) mass is 245 g/mol. The van der Waals surface area contributed by atoms with Crippen LogP contribution in [0.25, 0.3) is 0 Å². The summed E-state index contributed by atoms with van der Waals surface area (Å²) in [6.07, 6.45) is 2.96. The summed E-state index contributed by atoms with van der Waals surface area (Å²) in [6, 6.07) is 3.05. The van der Waals surface area contributed by atoms with E-state index < -0.39 is 11.9 Å². The van der Waals surface area contributed by atoms with Crippen molar-refractivity contribution in [3.63, 3.8) is 0 Å². The number of nitrogens with zero attached hydrogens (tertiary/aromatic N) is 3. The van der Waals surface area contributed by atoms with E-state index in [2.05, 4.69) is 15.4 Å². The van der Waals surface area contributed by atoms with Crippen molar-refractivity contribution in [3.05, 3.63) is 41.8 Å². The molecular weight excluding hydrogens is 234 g/mol. The molecule has 3 N–H and O–H groups in total. The van der Waals surface area contributed by atoms with Gasteiger partial charge in [0.15, 0.2) is 0 Å². The largest absolute Gasteiger partial charge is 0.467 e. The van der Waals surface area contributed by atoms with Gasteiger partial charge in [-0.05, 0) is 19.1 Å². The van der Waals surface area contributed by atoms with Crippen LogP contribution in [-0.2, 0) is 4.79 Å². The number of amides is 1. The molecule has 1 unspecified atom stereocenters. The lowest BCUT2D eigenvalue weighted by molar-refractivity contribution is -0.115. The average Bonchev–Trinajstić information content (AvgIpc) is 2.96.